The number of hydrogen-bond donors (Lipinski definition) is 3. The van der Waals surface area contributed by atoms with Crippen molar-refractivity contribution in [3.63, 3.8) is 0 Å². The maximum Gasteiger partial charge on any atom is 0.407 e. The molecule has 12 heteroatoms. The first-order chi connectivity index (χ1) is 13.0. The normalized spacial score (nSPS) is 12.4. The molecule has 0 spiro atoms. The second-order valence-electron chi connectivity index (χ2n) is 6.26. The number of carbonyl (C=O) groups excluding carboxylic acids is 1. The second-order valence-corrected chi connectivity index (χ2v) is 8.04. The molecule has 0 aliphatic heterocycles. The van der Waals surface area contributed by atoms with Crippen LogP contribution in [0.15, 0.2) is 12.1 Å². The van der Waals surface area contributed by atoms with Crippen molar-refractivity contribution >= 4 is 19.4 Å². The van der Waals surface area contributed by atoms with Gasteiger partial charge in [0.15, 0.2) is 11.5 Å². The Morgan fingerprint density at radius 2 is 1.82 bits per heavy atom. The van der Waals surface area contributed by atoms with Crippen molar-refractivity contribution in [1.82, 2.24) is 5.32 Å². The molecular weight excluding hydrogens is 395 g/mol. The highest BCUT2D eigenvalue weighted by Gasteiger charge is 2.30. The smallest absolute Gasteiger partial charge is 0.407 e. The number of nitrogens with zero attached hydrogens (tertiary/aromatic N) is 1. The molecule has 11 nitrogen and oxygen atoms in total. The van der Waals surface area contributed by atoms with Gasteiger partial charge in [0.05, 0.1) is 36.9 Å². The molecule has 0 radical (unpaired) electrons. The Hall–Kier alpha value is -2.36. The van der Waals surface area contributed by atoms with Gasteiger partial charge in [-0.3, -0.25) is 14.7 Å². The molecule has 3 N–H and O–H groups in total. The fourth-order valence-corrected chi connectivity index (χ4v) is 3.03. The van der Waals surface area contributed by atoms with Crippen LogP contribution in [0.4, 0.5) is 10.5 Å². The summed E-state index contributed by atoms with van der Waals surface area (Å²) in [5.74, 6) is 0.111. The lowest BCUT2D eigenvalue weighted by molar-refractivity contribution is -0.386. The van der Waals surface area contributed by atoms with Crippen LogP contribution in [0.3, 0.4) is 0 Å². The maximum atomic E-state index is 12.1. The van der Waals surface area contributed by atoms with Gasteiger partial charge in [-0.15, -0.1) is 0 Å². The van der Waals surface area contributed by atoms with Crippen molar-refractivity contribution in [1.29, 1.82) is 0 Å². The molecule has 0 bridgehead atoms. The van der Waals surface area contributed by atoms with Crippen molar-refractivity contribution in [2.45, 2.75) is 26.4 Å². The van der Waals surface area contributed by atoms with Crippen LogP contribution < -0.4 is 14.8 Å². The number of nitrogens with one attached hydrogen (secondary N) is 1. The molecule has 1 aromatic carbocycles. The minimum Gasteiger partial charge on any atom is -0.493 e. The van der Waals surface area contributed by atoms with Crippen molar-refractivity contribution in [2.75, 3.05) is 26.9 Å². The molecule has 28 heavy (non-hydrogen) atoms. The van der Waals surface area contributed by atoms with Crippen LogP contribution in [0.1, 0.15) is 31.9 Å². The van der Waals surface area contributed by atoms with Crippen LogP contribution in [0.5, 0.6) is 11.5 Å². The predicted octanol–water partition coefficient (Wildman–Crippen LogP) is 2.60. The number of nitro benzene ring substituents is 1. The number of benzene rings is 1. The van der Waals surface area contributed by atoms with Gasteiger partial charge < -0.3 is 29.3 Å². The molecule has 1 rings (SSSR count). The van der Waals surface area contributed by atoms with Gasteiger partial charge in [0.1, 0.15) is 6.10 Å². The second kappa shape index (κ2) is 10.3. The Labute approximate surface area is 162 Å². The maximum absolute atomic E-state index is 12.1. The van der Waals surface area contributed by atoms with Crippen LogP contribution in [-0.4, -0.2) is 47.7 Å². The zero-order valence-electron chi connectivity index (χ0n) is 16.1. The number of ether oxygens (including phenoxy) is 3. The number of amides is 1. The molecule has 158 valence electrons. The summed E-state index contributed by atoms with van der Waals surface area (Å²) in [6, 6.07) is 2.59. The van der Waals surface area contributed by atoms with Gasteiger partial charge in [0, 0.05) is 6.54 Å². The van der Waals surface area contributed by atoms with E-state index >= 15 is 0 Å². The van der Waals surface area contributed by atoms with Gasteiger partial charge in [-0.25, -0.2) is 4.79 Å². The summed E-state index contributed by atoms with van der Waals surface area (Å²) in [5.41, 5.74) is -0.145. The lowest BCUT2D eigenvalue weighted by atomic mass is 9.96. The average molecular weight is 420 g/mol. The van der Waals surface area contributed by atoms with E-state index in [1.54, 1.807) is 13.8 Å². The third-order valence-electron chi connectivity index (χ3n) is 3.77. The third-order valence-corrected chi connectivity index (χ3v) is 4.67. The third kappa shape index (κ3) is 6.99. The molecule has 1 unspecified atom stereocenters. The van der Waals surface area contributed by atoms with E-state index < -0.39 is 24.7 Å². The lowest BCUT2D eigenvalue weighted by Crippen LogP contribution is -2.29. The van der Waals surface area contributed by atoms with Crippen molar-refractivity contribution in [3.05, 3.63) is 27.8 Å². The Morgan fingerprint density at radius 1 is 1.25 bits per heavy atom. The molecule has 0 aliphatic carbocycles. The Bertz CT molecular complexity index is 748. The van der Waals surface area contributed by atoms with E-state index in [4.69, 9.17) is 24.0 Å². The number of rotatable bonds is 10. The summed E-state index contributed by atoms with van der Waals surface area (Å²) in [5, 5.41) is 13.9. The molecule has 1 aromatic rings. The van der Waals surface area contributed by atoms with E-state index in [1.807, 2.05) is 0 Å². The Kier molecular flexibility index (Phi) is 8.67. The van der Waals surface area contributed by atoms with Gasteiger partial charge in [0.25, 0.3) is 5.69 Å². The van der Waals surface area contributed by atoms with E-state index in [9.17, 15) is 19.5 Å². The molecule has 0 saturated heterocycles. The van der Waals surface area contributed by atoms with Crippen LogP contribution in [-0.2, 0) is 9.30 Å². The zero-order chi connectivity index (χ0) is 21.5. The standard InChI is InChI=1S/C16H25N2O9P/c1-10(2)15(27-16(19)17-6-5-7-28(22,23)24)11-8-13(25-3)14(26-4)9-12(11)18(20)21/h8-10,15H,5-7H2,1-4H3,(H,17,19)(H2,22,23,24). The molecule has 0 saturated carbocycles. The van der Waals surface area contributed by atoms with Crippen molar-refractivity contribution in [2.24, 2.45) is 5.92 Å². The highest BCUT2D eigenvalue weighted by molar-refractivity contribution is 7.51. The molecule has 0 aliphatic rings. The largest absolute Gasteiger partial charge is 0.493 e. The summed E-state index contributed by atoms with van der Waals surface area (Å²) in [6.07, 6.45) is -2.12. The first-order valence-electron chi connectivity index (χ1n) is 8.39. The van der Waals surface area contributed by atoms with E-state index in [0.29, 0.717) is 0 Å². The van der Waals surface area contributed by atoms with Crippen LogP contribution in [0, 0.1) is 16.0 Å². The van der Waals surface area contributed by atoms with Gasteiger partial charge in [0.2, 0.25) is 0 Å². The van der Waals surface area contributed by atoms with Gasteiger partial charge in [-0.2, -0.15) is 0 Å². The van der Waals surface area contributed by atoms with E-state index in [0.717, 1.165) is 0 Å². The van der Waals surface area contributed by atoms with Gasteiger partial charge in [-0.05, 0) is 18.4 Å². The quantitative estimate of drug-likeness (QED) is 0.224. The summed E-state index contributed by atoms with van der Waals surface area (Å²) < 4.78 is 26.4. The van der Waals surface area contributed by atoms with Crippen molar-refractivity contribution < 1.29 is 38.3 Å². The van der Waals surface area contributed by atoms with Crippen LogP contribution in [0.2, 0.25) is 0 Å². The molecule has 0 fully saturated rings. The molecule has 0 heterocycles. The van der Waals surface area contributed by atoms with E-state index in [-0.39, 0.29) is 47.8 Å². The first-order valence-corrected chi connectivity index (χ1v) is 10.2. The summed E-state index contributed by atoms with van der Waals surface area (Å²) in [4.78, 5) is 40.6. The number of nitro groups is 1. The fourth-order valence-electron chi connectivity index (χ4n) is 2.46. The van der Waals surface area contributed by atoms with E-state index in [2.05, 4.69) is 5.32 Å². The number of carbonyl (C=O) groups is 1. The SMILES string of the molecule is COc1cc(C(OC(=O)NCCCP(=O)(O)O)C(C)C)c([N+](=O)[O-])cc1OC. The topological polar surface area (TPSA) is 157 Å². The van der Waals surface area contributed by atoms with Gasteiger partial charge >= 0.3 is 13.7 Å². The Morgan fingerprint density at radius 3 is 2.29 bits per heavy atom. The summed E-state index contributed by atoms with van der Waals surface area (Å²) in [6.45, 7) is 3.45. The summed E-state index contributed by atoms with van der Waals surface area (Å²) in [7, 11) is -1.41. The highest BCUT2D eigenvalue weighted by atomic mass is 31.2. The van der Waals surface area contributed by atoms with Gasteiger partial charge in [-0.1, -0.05) is 13.8 Å². The fraction of sp³-hybridized carbons (Fsp3) is 0.562. The minimum atomic E-state index is -4.14. The Balaban J connectivity index is 3.03. The van der Waals surface area contributed by atoms with Crippen molar-refractivity contribution in [3.8, 4) is 11.5 Å². The molecule has 1 amide bonds. The lowest BCUT2D eigenvalue weighted by Gasteiger charge is -2.23. The van der Waals surface area contributed by atoms with Crippen LogP contribution in [0.25, 0.3) is 0 Å². The monoisotopic (exact) mass is 420 g/mol. The molecule has 1 atom stereocenters. The predicted molar refractivity (Wildman–Crippen MR) is 99.8 cm³/mol. The number of alkyl carbamates (subject to hydrolysis) is 1. The molecule has 0 aromatic heterocycles. The highest BCUT2D eigenvalue weighted by Crippen LogP contribution is 2.40. The van der Waals surface area contributed by atoms with E-state index in [1.165, 1.54) is 26.4 Å². The zero-order valence-corrected chi connectivity index (χ0v) is 17.0. The molecular formula is C16H25N2O9P. The first kappa shape index (κ1) is 23.7. The minimum absolute atomic E-state index is 0.0111. The summed E-state index contributed by atoms with van der Waals surface area (Å²) >= 11 is 0. The number of methoxy groups -OCH3 is 2. The number of hydrogen-bond acceptors (Lipinski definition) is 7. The van der Waals surface area contributed by atoms with Crippen LogP contribution >= 0.6 is 7.60 Å². The average Bonchev–Trinajstić information content (AvgIpc) is 2.61.